The van der Waals surface area contributed by atoms with Gasteiger partial charge in [0, 0.05) is 0 Å². The molecule has 2 aromatic rings. The van der Waals surface area contributed by atoms with E-state index in [-0.39, 0.29) is 5.95 Å². The van der Waals surface area contributed by atoms with E-state index in [9.17, 15) is 0 Å². The van der Waals surface area contributed by atoms with Gasteiger partial charge >= 0.3 is 0 Å². The number of nitrogens with two attached hydrogens (primary N) is 1. The van der Waals surface area contributed by atoms with Crippen molar-refractivity contribution in [3.63, 3.8) is 0 Å². The predicted octanol–water partition coefficient (Wildman–Crippen LogP) is 1.83. The molecule has 2 heterocycles. The molecule has 0 fully saturated rings. The fourth-order valence-electron chi connectivity index (χ4n) is 1.35. The molecule has 0 aliphatic rings. The van der Waals surface area contributed by atoms with Gasteiger partial charge in [-0.05, 0) is 18.2 Å². The van der Waals surface area contributed by atoms with Crippen LogP contribution < -0.4 is 5.73 Å². The molecule has 0 radical (unpaired) electrons. The average molecular weight is 212 g/mol. The Morgan fingerprint density at radius 1 is 1.50 bits per heavy atom. The number of nitrogen functional groups attached to an aromatic ring is 1. The van der Waals surface area contributed by atoms with Crippen LogP contribution in [-0.4, -0.2) is 9.97 Å². The third kappa shape index (κ3) is 1.53. The molecule has 0 spiro atoms. The van der Waals surface area contributed by atoms with E-state index in [0.717, 1.165) is 0 Å². The van der Waals surface area contributed by atoms with Gasteiger partial charge in [0.2, 0.25) is 5.95 Å². The van der Waals surface area contributed by atoms with Crippen molar-refractivity contribution in [3.05, 3.63) is 36.2 Å². The van der Waals surface area contributed by atoms with E-state index in [0.29, 0.717) is 22.7 Å². The van der Waals surface area contributed by atoms with Crippen LogP contribution in [0.25, 0.3) is 17.5 Å². The summed E-state index contributed by atoms with van der Waals surface area (Å²) in [6.07, 6.45) is 2.96. The lowest BCUT2D eigenvalue weighted by Gasteiger charge is -2.03. The molecule has 0 aromatic carbocycles. The SMILES string of the molecule is C=Cc1nc(N)nc(-c2ccco2)c1C#N. The summed E-state index contributed by atoms with van der Waals surface area (Å²) < 4.78 is 5.19. The topological polar surface area (TPSA) is 88.7 Å². The minimum atomic E-state index is 0.0836. The van der Waals surface area contributed by atoms with Gasteiger partial charge in [-0.1, -0.05) is 6.58 Å². The van der Waals surface area contributed by atoms with E-state index >= 15 is 0 Å². The largest absolute Gasteiger partial charge is 0.463 e. The number of nitrogens with zero attached hydrogens (tertiary/aromatic N) is 3. The molecule has 16 heavy (non-hydrogen) atoms. The highest BCUT2D eigenvalue weighted by Crippen LogP contribution is 2.24. The molecule has 2 N–H and O–H groups in total. The lowest BCUT2D eigenvalue weighted by Crippen LogP contribution is -2.02. The Morgan fingerprint density at radius 2 is 2.31 bits per heavy atom. The molecular weight excluding hydrogens is 204 g/mol. The third-order valence-corrected chi connectivity index (χ3v) is 2.01. The Morgan fingerprint density at radius 3 is 2.88 bits per heavy atom. The van der Waals surface area contributed by atoms with Gasteiger partial charge in [0.05, 0.1) is 12.0 Å². The molecule has 0 amide bonds. The van der Waals surface area contributed by atoms with E-state index < -0.39 is 0 Å². The molecule has 0 saturated heterocycles. The number of rotatable bonds is 2. The average Bonchev–Trinajstić information content (AvgIpc) is 2.81. The molecule has 0 atom stereocenters. The zero-order valence-corrected chi connectivity index (χ0v) is 8.34. The smallest absolute Gasteiger partial charge is 0.221 e. The van der Waals surface area contributed by atoms with Crippen molar-refractivity contribution < 1.29 is 4.42 Å². The second-order valence-corrected chi connectivity index (χ2v) is 2.98. The molecule has 5 nitrogen and oxygen atoms in total. The summed E-state index contributed by atoms with van der Waals surface area (Å²) in [6, 6.07) is 5.43. The van der Waals surface area contributed by atoms with Gasteiger partial charge in [-0.3, -0.25) is 0 Å². The number of aromatic nitrogens is 2. The van der Waals surface area contributed by atoms with Gasteiger partial charge in [0.25, 0.3) is 0 Å². The van der Waals surface area contributed by atoms with Crippen LogP contribution in [0.2, 0.25) is 0 Å². The second kappa shape index (κ2) is 3.87. The van der Waals surface area contributed by atoms with E-state index in [1.165, 1.54) is 12.3 Å². The minimum absolute atomic E-state index is 0.0836. The molecule has 0 aliphatic heterocycles. The van der Waals surface area contributed by atoms with Gasteiger partial charge in [-0.15, -0.1) is 0 Å². The van der Waals surface area contributed by atoms with Crippen LogP contribution in [0.15, 0.2) is 29.4 Å². The fourth-order valence-corrected chi connectivity index (χ4v) is 1.35. The Kier molecular flexibility index (Phi) is 2.40. The van der Waals surface area contributed by atoms with Crippen LogP contribution >= 0.6 is 0 Å². The van der Waals surface area contributed by atoms with Crippen LogP contribution in [0.5, 0.6) is 0 Å². The highest BCUT2D eigenvalue weighted by atomic mass is 16.3. The van der Waals surface area contributed by atoms with Crippen LogP contribution in [0.1, 0.15) is 11.3 Å². The van der Waals surface area contributed by atoms with Crippen LogP contribution in [-0.2, 0) is 0 Å². The van der Waals surface area contributed by atoms with E-state index in [4.69, 9.17) is 15.4 Å². The molecule has 78 valence electrons. The predicted molar refractivity (Wildman–Crippen MR) is 59.0 cm³/mol. The van der Waals surface area contributed by atoms with Crippen molar-refractivity contribution in [1.29, 1.82) is 5.26 Å². The summed E-state index contributed by atoms with van der Waals surface area (Å²) in [4.78, 5) is 7.92. The van der Waals surface area contributed by atoms with Gasteiger partial charge < -0.3 is 10.2 Å². The first-order chi connectivity index (χ1) is 7.76. The van der Waals surface area contributed by atoms with Crippen molar-refractivity contribution in [2.45, 2.75) is 0 Å². The molecule has 0 aliphatic carbocycles. The molecule has 0 unspecified atom stereocenters. The summed E-state index contributed by atoms with van der Waals surface area (Å²) in [5.41, 5.74) is 6.64. The van der Waals surface area contributed by atoms with Crippen LogP contribution in [0.3, 0.4) is 0 Å². The van der Waals surface area contributed by atoms with Crippen LogP contribution in [0, 0.1) is 11.3 Å². The van der Waals surface area contributed by atoms with Crippen molar-refractivity contribution >= 4 is 12.0 Å². The zero-order valence-electron chi connectivity index (χ0n) is 8.34. The van der Waals surface area contributed by atoms with E-state index in [1.54, 1.807) is 12.1 Å². The number of nitriles is 1. The maximum absolute atomic E-state index is 9.06. The Bertz CT molecular complexity index is 566. The standard InChI is InChI=1S/C11H8N4O/c1-2-8-7(6-12)10(15-11(13)14-8)9-4-3-5-16-9/h2-5H,1H2,(H2,13,14,15). The lowest BCUT2D eigenvalue weighted by molar-refractivity contribution is 0.579. The highest BCUT2D eigenvalue weighted by molar-refractivity contribution is 5.69. The molecule has 2 aromatic heterocycles. The van der Waals surface area contributed by atoms with Gasteiger partial charge in [0.15, 0.2) is 5.76 Å². The quantitative estimate of drug-likeness (QED) is 0.820. The number of hydrogen-bond acceptors (Lipinski definition) is 5. The molecule has 0 saturated carbocycles. The maximum Gasteiger partial charge on any atom is 0.221 e. The van der Waals surface area contributed by atoms with Gasteiger partial charge in [0.1, 0.15) is 17.3 Å². The van der Waals surface area contributed by atoms with Crippen molar-refractivity contribution in [2.24, 2.45) is 0 Å². The summed E-state index contributed by atoms with van der Waals surface area (Å²) in [7, 11) is 0. The first-order valence-electron chi connectivity index (χ1n) is 4.50. The molecular formula is C11H8N4O. The molecule has 2 rings (SSSR count). The van der Waals surface area contributed by atoms with Crippen LogP contribution in [0.4, 0.5) is 5.95 Å². The van der Waals surface area contributed by atoms with Gasteiger partial charge in [-0.25, -0.2) is 9.97 Å². The summed E-state index contributed by atoms with van der Waals surface area (Å²) in [6.45, 7) is 3.58. The number of furan rings is 1. The Balaban J connectivity index is 2.74. The first-order valence-corrected chi connectivity index (χ1v) is 4.50. The lowest BCUT2D eigenvalue weighted by atomic mass is 10.1. The summed E-state index contributed by atoms with van der Waals surface area (Å²) >= 11 is 0. The summed E-state index contributed by atoms with van der Waals surface area (Å²) in [5, 5.41) is 9.06. The normalized spacial score (nSPS) is 9.69. The third-order valence-electron chi connectivity index (χ3n) is 2.01. The maximum atomic E-state index is 9.06. The van der Waals surface area contributed by atoms with Crippen molar-refractivity contribution in [2.75, 3.05) is 5.73 Å². The number of anilines is 1. The van der Waals surface area contributed by atoms with E-state index in [2.05, 4.69) is 16.5 Å². The molecule has 0 bridgehead atoms. The minimum Gasteiger partial charge on any atom is -0.463 e. The first kappa shape index (κ1) is 9.93. The van der Waals surface area contributed by atoms with Crippen molar-refractivity contribution in [1.82, 2.24) is 9.97 Å². The van der Waals surface area contributed by atoms with E-state index in [1.807, 2.05) is 6.07 Å². The monoisotopic (exact) mass is 212 g/mol. The van der Waals surface area contributed by atoms with Gasteiger partial charge in [-0.2, -0.15) is 5.26 Å². The summed E-state index contributed by atoms with van der Waals surface area (Å²) in [5.74, 6) is 0.564. The fraction of sp³-hybridized carbons (Fsp3) is 0. The highest BCUT2D eigenvalue weighted by Gasteiger charge is 2.14. The molecule has 5 heteroatoms. The zero-order chi connectivity index (χ0) is 11.5. The Labute approximate surface area is 91.9 Å². The Hall–Kier alpha value is -2.61. The number of hydrogen-bond donors (Lipinski definition) is 1. The van der Waals surface area contributed by atoms with Crippen molar-refractivity contribution in [3.8, 4) is 17.5 Å². The second-order valence-electron chi connectivity index (χ2n) is 2.98.